The van der Waals surface area contributed by atoms with Crippen LogP contribution < -0.4 is 0 Å². The zero-order chi connectivity index (χ0) is 20.4. The van der Waals surface area contributed by atoms with E-state index in [1.807, 2.05) is 6.26 Å². The largest absolute Gasteiger partial charge is 0.487 e. The summed E-state index contributed by atoms with van der Waals surface area (Å²) in [5.41, 5.74) is 1.60. The fraction of sp³-hybridized carbons (Fsp3) is 0.750. The topological polar surface area (TPSA) is 43.4 Å². The fourth-order valence-corrected chi connectivity index (χ4v) is 3.14. The molecule has 1 aliphatic rings. The molecular weight excluding hydrogens is 336 g/mol. The lowest BCUT2D eigenvalue weighted by Crippen LogP contribution is -2.35. The number of ether oxygens (including phenoxy) is 1. The Bertz CT molecular complexity index is 439. The van der Waals surface area contributed by atoms with Gasteiger partial charge < -0.3 is 4.74 Å². The molecular formula is C24H42O3. The van der Waals surface area contributed by atoms with E-state index in [0.29, 0.717) is 0 Å². The predicted octanol–water partition coefficient (Wildman–Crippen LogP) is 7.10. The van der Waals surface area contributed by atoms with Gasteiger partial charge in [0.2, 0.25) is 0 Å². The van der Waals surface area contributed by atoms with Crippen molar-refractivity contribution < 1.29 is 14.3 Å². The second-order valence-corrected chi connectivity index (χ2v) is 7.72. The van der Waals surface area contributed by atoms with Crippen molar-refractivity contribution in [2.75, 3.05) is 0 Å². The third kappa shape index (κ3) is 12.6. The molecule has 1 heterocycles. The highest BCUT2D eigenvalue weighted by Crippen LogP contribution is 2.32. The second-order valence-electron chi connectivity index (χ2n) is 7.72. The SMILES string of the molecule is C=C(C=O)CCCCC.CCCCCC1=COC(C=O)(CCCCC)CC1. The molecule has 1 unspecified atom stereocenters. The fourth-order valence-electron chi connectivity index (χ4n) is 3.14. The maximum atomic E-state index is 11.3. The summed E-state index contributed by atoms with van der Waals surface area (Å²) in [6.07, 6.45) is 19.3. The molecule has 0 aliphatic carbocycles. The van der Waals surface area contributed by atoms with Gasteiger partial charge in [-0.15, -0.1) is 0 Å². The summed E-state index contributed by atoms with van der Waals surface area (Å²) >= 11 is 0. The Morgan fingerprint density at radius 3 is 2.19 bits per heavy atom. The third-order valence-corrected chi connectivity index (χ3v) is 5.12. The van der Waals surface area contributed by atoms with Crippen molar-refractivity contribution in [3.05, 3.63) is 24.0 Å². The zero-order valence-corrected chi connectivity index (χ0v) is 18.1. The first kappa shape index (κ1) is 25.6. The van der Waals surface area contributed by atoms with E-state index < -0.39 is 5.60 Å². The Kier molecular flexibility index (Phi) is 15.9. The van der Waals surface area contributed by atoms with Gasteiger partial charge in [0.25, 0.3) is 0 Å². The van der Waals surface area contributed by atoms with Gasteiger partial charge >= 0.3 is 0 Å². The summed E-state index contributed by atoms with van der Waals surface area (Å²) in [5.74, 6) is 0. The summed E-state index contributed by atoms with van der Waals surface area (Å²) in [4.78, 5) is 21.3. The van der Waals surface area contributed by atoms with Gasteiger partial charge in [-0.25, -0.2) is 0 Å². The first-order valence-corrected chi connectivity index (χ1v) is 11.0. The molecule has 1 rings (SSSR count). The van der Waals surface area contributed by atoms with Crippen LogP contribution in [0.4, 0.5) is 0 Å². The number of rotatable bonds is 14. The molecule has 27 heavy (non-hydrogen) atoms. The molecule has 3 nitrogen and oxygen atoms in total. The first-order chi connectivity index (χ1) is 13.1. The average molecular weight is 379 g/mol. The van der Waals surface area contributed by atoms with Crippen LogP contribution >= 0.6 is 0 Å². The molecule has 1 atom stereocenters. The standard InChI is InChI=1S/C16H28O2.C8H14O/c1-3-5-7-9-15-10-12-16(14-17,18-13-15)11-8-6-4-2;1-3-4-5-6-8(2)7-9/h13-14H,3-12H2,1-2H3;7H,2-6H2,1H3. The molecule has 0 radical (unpaired) electrons. The average Bonchev–Trinajstić information content (AvgIpc) is 2.70. The third-order valence-electron chi connectivity index (χ3n) is 5.12. The van der Waals surface area contributed by atoms with Gasteiger partial charge in [0.05, 0.1) is 6.26 Å². The van der Waals surface area contributed by atoms with E-state index in [1.54, 1.807) is 0 Å². The molecule has 0 saturated heterocycles. The lowest BCUT2D eigenvalue weighted by atomic mass is 9.88. The Morgan fingerprint density at radius 2 is 1.67 bits per heavy atom. The van der Waals surface area contributed by atoms with Gasteiger partial charge in [-0.2, -0.15) is 0 Å². The number of unbranched alkanes of at least 4 members (excludes halogenated alkanes) is 6. The summed E-state index contributed by atoms with van der Waals surface area (Å²) < 4.78 is 5.77. The molecule has 0 fully saturated rings. The highest BCUT2D eigenvalue weighted by Gasteiger charge is 2.32. The number of hydrogen-bond donors (Lipinski definition) is 0. The molecule has 0 bridgehead atoms. The summed E-state index contributed by atoms with van der Waals surface area (Å²) in [5, 5.41) is 0. The van der Waals surface area contributed by atoms with Crippen LogP contribution in [0.5, 0.6) is 0 Å². The zero-order valence-electron chi connectivity index (χ0n) is 18.1. The number of allylic oxidation sites excluding steroid dienone is 2. The Labute approximate surface area is 167 Å². The van der Waals surface area contributed by atoms with Crippen LogP contribution in [0.2, 0.25) is 0 Å². The monoisotopic (exact) mass is 378 g/mol. The summed E-state index contributed by atoms with van der Waals surface area (Å²) in [6, 6.07) is 0. The summed E-state index contributed by atoms with van der Waals surface area (Å²) in [6.45, 7) is 10.1. The molecule has 0 aromatic carbocycles. The maximum Gasteiger partial charge on any atom is 0.163 e. The van der Waals surface area contributed by atoms with E-state index in [9.17, 15) is 9.59 Å². The first-order valence-electron chi connectivity index (χ1n) is 11.0. The molecule has 0 saturated carbocycles. The van der Waals surface area contributed by atoms with Crippen molar-refractivity contribution in [1.29, 1.82) is 0 Å². The molecule has 0 N–H and O–H groups in total. The smallest absolute Gasteiger partial charge is 0.163 e. The van der Waals surface area contributed by atoms with Gasteiger partial charge in [-0.3, -0.25) is 9.59 Å². The maximum absolute atomic E-state index is 11.3. The van der Waals surface area contributed by atoms with Crippen molar-refractivity contribution in [1.82, 2.24) is 0 Å². The minimum atomic E-state index is -0.510. The van der Waals surface area contributed by atoms with Crippen molar-refractivity contribution in [3.63, 3.8) is 0 Å². The van der Waals surface area contributed by atoms with E-state index >= 15 is 0 Å². The van der Waals surface area contributed by atoms with Crippen molar-refractivity contribution in [2.45, 2.75) is 116 Å². The number of aldehydes is 2. The van der Waals surface area contributed by atoms with Crippen LogP contribution in [-0.4, -0.2) is 18.2 Å². The van der Waals surface area contributed by atoms with Gasteiger partial charge in [-0.1, -0.05) is 65.9 Å². The highest BCUT2D eigenvalue weighted by molar-refractivity contribution is 5.71. The number of hydrogen-bond acceptors (Lipinski definition) is 3. The molecule has 1 aliphatic heterocycles. The lowest BCUT2D eigenvalue weighted by molar-refractivity contribution is -0.127. The number of carbonyl (C=O) groups is 2. The molecule has 156 valence electrons. The minimum Gasteiger partial charge on any atom is -0.487 e. The minimum absolute atomic E-state index is 0.510. The molecule has 3 heteroatoms. The Balaban J connectivity index is 0.000000636. The van der Waals surface area contributed by atoms with Gasteiger partial charge in [0, 0.05) is 0 Å². The van der Waals surface area contributed by atoms with Crippen molar-refractivity contribution >= 4 is 12.6 Å². The highest BCUT2D eigenvalue weighted by atomic mass is 16.5. The van der Waals surface area contributed by atoms with E-state index in [0.717, 1.165) is 63.1 Å². The Morgan fingerprint density at radius 1 is 1.04 bits per heavy atom. The lowest BCUT2D eigenvalue weighted by Gasteiger charge is -2.32. The van der Waals surface area contributed by atoms with Crippen molar-refractivity contribution in [2.24, 2.45) is 0 Å². The molecule has 0 aromatic heterocycles. The normalized spacial score (nSPS) is 18.6. The quantitative estimate of drug-likeness (QED) is 0.184. The van der Waals surface area contributed by atoms with E-state index in [2.05, 4.69) is 27.4 Å². The van der Waals surface area contributed by atoms with E-state index in [-0.39, 0.29) is 0 Å². The van der Waals surface area contributed by atoms with Gasteiger partial charge in [0.1, 0.15) is 6.29 Å². The van der Waals surface area contributed by atoms with Crippen LogP contribution in [0.1, 0.15) is 111 Å². The Hall–Kier alpha value is -1.38. The second kappa shape index (κ2) is 16.8. The predicted molar refractivity (Wildman–Crippen MR) is 115 cm³/mol. The van der Waals surface area contributed by atoms with Crippen LogP contribution in [0, 0.1) is 0 Å². The molecule has 0 aromatic rings. The van der Waals surface area contributed by atoms with Crippen LogP contribution in [-0.2, 0) is 14.3 Å². The van der Waals surface area contributed by atoms with E-state index in [4.69, 9.17) is 4.74 Å². The molecule has 0 spiro atoms. The van der Waals surface area contributed by atoms with Gasteiger partial charge in [0.15, 0.2) is 11.9 Å². The summed E-state index contributed by atoms with van der Waals surface area (Å²) in [7, 11) is 0. The van der Waals surface area contributed by atoms with Crippen LogP contribution in [0.3, 0.4) is 0 Å². The van der Waals surface area contributed by atoms with Crippen LogP contribution in [0.15, 0.2) is 24.0 Å². The van der Waals surface area contributed by atoms with Gasteiger partial charge in [-0.05, 0) is 62.5 Å². The molecule has 0 amide bonds. The van der Waals surface area contributed by atoms with Crippen molar-refractivity contribution in [3.8, 4) is 0 Å². The number of carbonyl (C=O) groups excluding carboxylic acids is 2. The van der Waals surface area contributed by atoms with E-state index in [1.165, 1.54) is 50.5 Å². The van der Waals surface area contributed by atoms with Crippen LogP contribution in [0.25, 0.3) is 0 Å².